The molecule has 0 bridgehead atoms. The van der Waals surface area contributed by atoms with Crippen molar-refractivity contribution in [2.75, 3.05) is 53.8 Å². The van der Waals surface area contributed by atoms with Crippen LogP contribution in [0.3, 0.4) is 0 Å². The van der Waals surface area contributed by atoms with E-state index in [0.29, 0.717) is 11.5 Å². The van der Waals surface area contributed by atoms with E-state index in [0.717, 1.165) is 31.9 Å². The van der Waals surface area contributed by atoms with Crippen LogP contribution >= 0.6 is 11.8 Å². The van der Waals surface area contributed by atoms with E-state index in [1.807, 2.05) is 6.07 Å². The zero-order valence-electron chi connectivity index (χ0n) is 17.3. The number of piperazine rings is 1. The molecule has 1 aliphatic heterocycles. The number of rotatable bonds is 8. The van der Waals surface area contributed by atoms with E-state index >= 15 is 0 Å². The van der Waals surface area contributed by atoms with Gasteiger partial charge in [-0.3, -0.25) is 0 Å². The Bertz CT molecular complexity index is 759. The van der Waals surface area contributed by atoms with Gasteiger partial charge in [0.15, 0.2) is 11.5 Å². The van der Waals surface area contributed by atoms with Gasteiger partial charge in [-0.1, -0.05) is 12.1 Å². The summed E-state index contributed by atoms with van der Waals surface area (Å²) in [5.74, 6) is 2.18. The lowest BCUT2D eigenvalue weighted by atomic mass is 10.1. The van der Waals surface area contributed by atoms with Gasteiger partial charge in [-0.05, 0) is 30.5 Å². The molecule has 0 aliphatic carbocycles. The topological polar surface area (TPSA) is 36.6 Å². The lowest BCUT2D eigenvalue weighted by Crippen LogP contribution is -3.27. The van der Waals surface area contributed by atoms with E-state index in [9.17, 15) is 0 Å². The third-order valence-electron chi connectivity index (χ3n) is 5.50. The molecule has 28 heavy (non-hydrogen) atoms. The van der Waals surface area contributed by atoms with Crippen molar-refractivity contribution in [3.63, 3.8) is 0 Å². The van der Waals surface area contributed by atoms with Gasteiger partial charge in [-0.2, -0.15) is 0 Å². The van der Waals surface area contributed by atoms with E-state index in [2.05, 4.69) is 36.6 Å². The molecule has 1 saturated heterocycles. The van der Waals surface area contributed by atoms with Gasteiger partial charge in [0, 0.05) is 10.5 Å². The van der Waals surface area contributed by atoms with Gasteiger partial charge >= 0.3 is 0 Å². The van der Waals surface area contributed by atoms with E-state index in [4.69, 9.17) is 14.2 Å². The van der Waals surface area contributed by atoms with Crippen LogP contribution in [-0.2, 0) is 13.1 Å². The Balaban J connectivity index is 1.58. The molecular weight excluding hydrogens is 372 g/mol. The summed E-state index contributed by atoms with van der Waals surface area (Å²) >= 11 is 1.80. The van der Waals surface area contributed by atoms with Crippen molar-refractivity contribution in [3.05, 3.63) is 47.5 Å². The number of ether oxygens (including phenoxy) is 3. The molecule has 0 spiro atoms. The lowest BCUT2D eigenvalue weighted by molar-refractivity contribution is -1.02. The zero-order valence-corrected chi connectivity index (χ0v) is 18.2. The van der Waals surface area contributed by atoms with Gasteiger partial charge in [0.05, 0.1) is 26.9 Å². The zero-order chi connectivity index (χ0) is 19.9. The van der Waals surface area contributed by atoms with Crippen molar-refractivity contribution >= 4 is 11.8 Å². The maximum atomic E-state index is 5.65. The van der Waals surface area contributed by atoms with Crippen molar-refractivity contribution in [3.8, 4) is 17.2 Å². The molecule has 6 heteroatoms. The first-order valence-corrected chi connectivity index (χ1v) is 11.0. The first-order chi connectivity index (χ1) is 13.7. The molecule has 3 rings (SSSR count). The summed E-state index contributed by atoms with van der Waals surface area (Å²) < 4.78 is 16.6. The molecule has 0 saturated carbocycles. The molecule has 2 aromatic rings. The standard InChI is InChI=1S/C22H30N2O3S/c1-25-20-10-7-18(21(26-2)22(20)27-3)16-24-13-11-23(12-14-24)15-17-5-8-19(28-4)9-6-17/h5-10H,11-16H2,1-4H3/p+2. The minimum atomic E-state index is 0.680. The predicted molar refractivity (Wildman–Crippen MR) is 113 cm³/mol. The second-order valence-corrected chi connectivity index (χ2v) is 8.07. The molecule has 0 amide bonds. The number of nitrogens with one attached hydrogen (secondary N) is 2. The van der Waals surface area contributed by atoms with Crippen LogP contribution in [0.2, 0.25) is 0 Å². The Hall–Kier alpha value is -1.89. The fourth-order valence-corrected chi connectivity index (χ4v) is 4.32. The molecule has 1 heterocycles. The monoisotopic (exact) mass is 404 g/mol. The van der Waals surface area contributed by atoms with Gasteiger partial charge in [-0.15, -0.1) is 11.8 Å². The number of thioether (sulfide) groups is 1. The smallest absolute Gasteiger partial charge is 0.203 e. The molecule has 1 fully saturated rings. The number of methoxy groups -OCH3 is 3. The summed E-state index contributed by atoms with van der Waals surface area (Å²) in [5.41, 5.74) is 2.60. The van der Waals surface area contributed by atoms with Gasteiger partial charge in [0.25, 0.3) is 0 Å². The molecule has 0 atom stereocenters. The number of benzene rings is 2. The van der Waals surface area contributed by atoms with Crippen molar-refractivity contribution in [1.29, 1.82) is 0 Å². The quantitative estimate of drug-likeness (QED) is 0.642. The second-order valence-electron chi connectivity index (χ2n) is 7.20. The summed E-state index contributed by atoms with van der Waals surface area (Å²) in [4.78, 5) is 4.59. The number of hydrogen-bond donors (Lipinski definition) is 2. The summed E-state index contributed by atoms with van der Waals surface area (Å²) in [7, 11) is 5.00. The fourth-order valence-electron chi connectivity index (χ4n) is 3.91. The van der Waals surface area contributed by atoms with Crippen LogP contribution in [0, 0.1) is 0 Å². The number of quaternary nitrogens is 2. The Kier molecular flexibility index (Phi) is 7.48. The minimum absolute atomic E-state index is 0.680. The molecule has 1 aliphatic rings. The van der Waals surface area contributed by atoms with Gasteiger partial charge in [0.1, 0.15) is 39.3 Å². The Morgan fingerprint density at radius 2 is 1.36 bits per heavy atom. The van der Waals surface area contributed by atoms with Crippen molar-refractivity contribution in [2.24, 2.45) is 0 Å². The SMILES string of the molecule is COc1ccc(C[NH+]2CC[NH+](Cc3ccc(SC)cc3)CC2)c(OC)c1OC. The fraction of sp³-hybridized carbons (Fsp3) is 0.455. The summed E-state index contributed by atoms with van der Waals surface area (Å²) in [5, 5.41) is 0. The first-order valence-electron chi connectivity index (χ1n) is 9.76. The highest BCUT2D eigenvalue weighted by molar-refractivity contribution is 7.98. The van der Waals surface area contributed by atoms with Crippen LogP contribution < -0.4 is 24.0 Å². The average molecular weight is 405 g/mol. The molecular formula is C22H32N2O3S+2. The average Bonchev–Trinajstić information content (AvgIpc) is 2.75. The second kappa shape index (κ2) is 10.0. The lowest BCUT2D eigenvalue weighted by Gasteiger charge is -2.30. The van der Waals surface area contributed by atoms with Crippen LogP contribution in [0.4, 0.5) is 0 Å². The van der Waals surface area contributed by atoms with E-state index in [1.165, 1.54) is 29.1 Å². The third kappa shape index (κ3) is 4.93. The molecule has 0 aromatic heterocycles. The Morgan fingerprint density at radius 3 is 1.89 bits per heavy atom. The van der Waals surface area contributed by atoms with Crippen molar-refractivity contribution < 1.29 is 24.0 Å². The van der Waals surface area contributed by atoms with E-state index < -0.39 is 0 Å². The third-order valence-corrected chi connectivity index (χ3v) is 6.25. The highest BCUT2D eigenvalue weighted by atomic mass is 32.2. The highest BCUT2D eigenvalue weighted by Gasteiger charge is 2.25. The van der Waals surface area contributed by atoms with Crippen LogP contribution in [-0.4, -0.2) is 53.8 Å². The maximum absolute atomic E-state index is 5.65. The summed E-state index contributed by atoms with van der Waals surface area (Å²) in [6.07, 6.45) is 2.12. The predicted octanol–water partition coefficient (Wildman–Crippen LogP) is 0.918. The first kappa shape index (κ1) is 20.8. The summed E-state index contributed by atoms with van der Waals surface area (Å²) in [6.45, 7) is 6.76. The van der Waals surface area contributed by atoms with Crippen molar-refractivity contribution in [2.45, 2.75) is 18.0 Å². The molecule has 5 nitrogen and oxygen atoms in total. The van der Waals surface area contributed by atoms with Crippen LogP contribution in [0.1, 0.15) is 11.1 Å². The number of hydrogen-bond acceptors (Lipinski definition) is 4. The van der Waals surface area contributed by atoms with Crippen molar-refractivity contribution in [1.82, 2.24) is 0 Å². The van der Waals surface area contributed by atoms with Gasteiger partial charge < -0.3 is 24.0 Å². The molecule has 0 radical (unpaired) electrons. The van der Waals surface area contributed by atoms with Crippen LogP contribution in [0.15, 0.2) is 41.3 Å². The summed E-state index contributed by atoms with van der Waals surface area (Å²) in [6, 6.07) is 13.1. The highest BCUT2D eigenvalue weighted by Crippen LogP contribution is 2.39. The Labute approximate surface area is 172 Å². The van der Waals surface area contributed by atoms with E-state index in [1.54, 1.807) is 42.9 Å². The molecule has 2 aromatic carbocycles. The van der Waals surface area contributed by atoms with E-state index in [-0.39, 0.29) is 0 Å². The normalized spacial score (nSPS) is 19.3. The Morgan fingerprint density at radius 1 is 0.750 bits per heavy atom. The largest absolute Gasteiger partial charge is 0.493 e. The van der Waals surface area contributed by atoms with Crippen LogP contribution in [0.25, 0.3) is 0 Å². The molecule has 152 valence electrons. The molecule has 2 N–H and O–H groups in total. The maximum Gasteiger partial charge on any atom is 0.203 e. The van der Waals surface area contributed by atoms with Crippen LogP contribution in [0.5, 0.6) is 17.2 Å². The molecule has 0 unspecified atom stereocenters. The minimum Gasteiger partial charge on any atom is -0.493 e. The van der Waals surface area contributed by atoms with Gasteiger partial charge in [-0.25, -0.2) is 0 Å². The van der Waals surface area contributed by atoms with Gasteiger partial charge in [0.2, 0.25) is 5.75 Å².